The van der Waals surface area contributed by atoms with Crippen molar-refractivity contribution < 1.29 is 34.1 Å². The fraction of sp³-hybridized carbons (Fsp3) is 0.267. The molecule has 118 valence electrons. The quantitative estimate of drug-likeness (QED) is 0.449. The van der Waals surface area contributed by atoms with Crippen LogP contribution in [0.4, 0.5) is 0 Å². The normalized spacial score (nSPS) is 9.86. The van der Waals surface area contributed by atoms with Crippen LogP contribution in [0.2, 0.25) is 0 Å². The molecule has 0 fully saturated rings. The number of rotatable bonds is 7. The lowest BCUT2D eigenvalue weighted by Gasteiger charge is -2.08. The van der Waals surface area contributed by atoms with Crippen LogP contribution in [0.5, 0.6) is 11.5 Å². The van der Waals surface area contributed by atoms with Crippen molar-refractivity contribution >= 4 is 17.9 Å². The van der Waals surface area contributed by atoms with Gasteiger partial charge < -0.3 is 19.7 Å². The molecule has 1 rings (SSSR count). The van der Waals surface area contributed by atoms with Crippen LogP contribution in [0.25, 0.3) is 0 Å². The van der Waals surface area contributed by atoms with Crippen LogP contribution in [0.1, 0.15) is 30.1 Å². The third kappa shape index (κ3) is 4.93. The zero-order chi connectivity index (χ0) is 16.7. The van der Waals surface area contributed by atoms with Crippen LogP contribution in [0.3, 0.4) is 0 Å². The van der Waals surface area contributed by atoms with Gasteiger partial charge in [-0.2, -0.15) is 0 Å². The third-order valence-corrected chi connectivity index (χ3v) is 2.63. The summed E-state index contributed by atoms with van der Waals surface area (Å²) in [5.41, 5.74) is -0.00107. The number of carboxylic acids is 1. The average molecular weight is 308 g/mol. The number of benzene rings is 1. The van der Waals surface area contributed by atoms with Crippen molar-refractivity contribution in [1.82, 2.24) is 0 Å². The molecule has 7 nitrogen and oxygen atoms in total. The highest BCUT2D eigenvalue weighted by atomic mass is 16.5. The fourth-order valence-electron chi connectivity index (χ4n) is 1.47. The van der Waals surface area contributed by atoms with E-state index in [1.54, 1.807) is 6.92 Å². The Hall–Kier alpha value is -2.83. The first-order valence-electron chi connectivity index (χ1n) is 6.47. The smallest absolute Gasteiger partial charge is 0.338 e. The zero-order valence-electron chi connectivity index (χ0n) is 12.0. The molecule has 0 aromatic heterocycles. The van der Waals surface area contributed by atoms with Crippen LogP contribution >= 0.6 is 0 Å². The molecule has 22 heavy (non-hydrogen) atoms. The maximum absolute atomic E-state index is 11.6. The Morgan fingerprint density at radius 3 is 2.50 bits per heavy atom. The molecular weight excluding hydrogens is 292 g/mol. The number of esters is 2. The fourth-order valence-corrected chi connectivity index (χ4v) is 1.47. The van der Waals surface area contributed by atoms with E-state index >= 15 is 0 Å². The lowest BCUT2D eigenvalue weighted by Crippen LogP contribution is -2.11. The molecule has 0 atom stereocenters. The SMILES string of the molecule is C=C(CCC(=O)Oc1cc(C(=O)OCC)ccc1O)C(=O)O. The summed E-state index contributed by atoms with van der Waals surface area (Å²) in [5.74, 6) is -3.08. The Morgan fingerprint density at radius 1 is 1.23 bits per heavy atom. The summed E-state index contributed by atoms with van der Waals surface area (Å²) in [6.07, 6.45) is -0.291. The molecule has 0 unspecified atom stereocenters. The molecule has 1 aromatic carbocycles. The summed E-state index contributed by atoms with van der Waals surface area (Å²) >= 11 is 0. The van der Waals surface area contributed by atoms with E-state index in [4.69, 9.17) is 14.6 Å². The molecule has 0 spiro atoms. The van der Waals surface area contributed by atoms with Crippen LogP contribution in [0, 0.1) is 0 Å². The van der Waals surface area contributed by atoms with E-state index in [0.717, 1.165) is 0 Å². The topological polar surface area (TPSA) is 110 Å². The molecule has 2 N–H and O–H groups in total. The van der Waals surface area contributed by atoms with Crippen LogP contribution < -0.4 is 4.74 Å². The van der Waals surface area contributed by atoms with Gasteiger partial charge in [0.2, 0.25) is 0 Å². The molecular formula is C15H16O7. The number of carboxylic acid groups (broad SMARTS) is 1. The minimum Gasteiger partial charge on any atom is -0.504 e. The first-order valence-corrected chi connectivity index (χ1v) is 6.47. The van der Waals surface area contributed by atoms with Gasteiger partial charge in [-0.15, -0.1) is 0 Å². The highest BCUT2D eigenvalue weighted by Crippen LogP contribution is 2.27. The molecule has 0 saturated carbocycles. The van der Waals surface area contributed by atoms with Gasteiger partial charge in [-0.3, -0.25) is 4.79 Å². The van der Waals surface area contributed by atoms with E-state index in [1.165, 1.54) is 18.2 Å². The van der Waals surface area contributed by atoms with Crippen molar-refractivity contribution in [2.24, 2.45) is 0 Å². The van der Waals surface area contributed by atoms with Gasteiger partial charge in [-0.1, -0.05) is 6.58 Å². The van der Waals surface area contributed by atoms with Gasteiger partial charge in [-0.25, -0.2) is 9.59 Å². The Bertz CT molecular complexity index is 604. The maximum Gasteiger partial charge on any atom is 0.338 e. The highest BCUT2D eigenvalue weighted by Gasteiger charge is 2.15. The summed E-state index contributed by atoms with van der Waals surface area (Å²) in [6, 6.07) is 3.71. The molecule has 0 bridgehead atoms. The van der Waals surface area contributed by atoms with Gasteiger partial charge in [0.05, 0.1) is 18.6 Å². The molecule has 7 heteroatoms. The molecule has 0 amide bonds. The van der Waals surface area contributed by atoms with Gasteiger partial charge in [-0.05, 0) is 31.5 Å². The lowest BCUT2D eigenvalue weighted by molar-refractivity contribution is -0.134. The molecule has 1 aromatic rings. The van der Waals surface area contributed by atoms with E-state index in [9.17, 15) is 19.5 Å². The van der Waals surface area contributed by atoms with Crippen LogP contribution in [-0.4, -0.2) is 34.7 Å². The molecule has 0 heterocycles. The molecule has 0 radical (unpaired) electrons. The number of phenols is 1. The van der Waals surface area contributed by atoms with Crippen molar-refractivity contribution in [2.75, 3.05) is 6.61 Å². The van der Waals surface area contributed by atoms with Crippen molar-refractivity contribution in [3.63, 3.8) is 0 Å². The second kappa shape index (κ2) is 7.82. The molecule has 0 aliphatic heterocycles. The van der Waals surface area contributed by atoms with Gasteiger partial charge >= 0.3 is 17.9 Å². The number of carbonyl (C=O) groups is 3. The third-order valence-electron chi connectivity index (χ3n) is 2.63. The van der Waals surface area contributed by atoms with E-state index in [0.29, 0.717) is 0 Å². The number of ether oxygens (including phenoxy) is 2. The summed E-state index contributed by atoms with van der Waals surface area (Å²) in [4.78, 5) is 33.7. The minimum absolute atomic E-state index is 0.0769. The number of hydrogen-bond acceptors (Lipinski definition) is 6. The van der Waals surface area contributed by atoms with Crippen molar-refractivity contribution in [3.8, 4) is 11.5 Å². The minimum atomic E-state index is -1.19. The van der Waals surface area contributed by atoms with Gasteiger partial charge in [0.1, 0.15) is 0 Å². The monoisotopic (exact) mass is 308 g/mol. The number of hydrogen-bond donors (Lipinski definition) is 2. The summed E-state index contributed by atoms with van der Waals surface area (Å²) in [5, 5.41) is 18.3. The Kier molecular flexibility index (Phi) is 6.12. The van der Waals surface area contributed by atoms with Gasteiger partial charge in [0.15, 0.2) is 11.5 Å². The maximum atomic E-state index is 11.6. The molecule has 0 aliphatic carbocycles. The Labute approximate surface area is 126 Å². The number of aromatic hydroxyl groups is 1. The van der Waals surface area contributed by atoms with Crippen LogP contribution in [-0.2, 0) is 14.3 Å². The van der Waals surface area contributed by atoms with E-state index < -0.39 is 17.9 Å². The molecule has 0 saturated heterocycles. The van der Waals surface area contributed by atoms with Crippen molar-refractivity contribution in [1.29, 1.82) is 0 Å². The van der Waals surface area contributed by atoms with E-state index in [2.05, 4.69) is 6.58 Å². The summed E-state index contributed by atoms with van der Waals surface area (Å²) < 4.78 is 9.71. The first-order chi connectivity index (χ1) is 10.3. The number of carbonyl (C=O) groups excluding carboxylic acids is 2. The van der Waals surface area contributed by atoms with Crippen molar-refractivity contribution in [3.05, 3.63) is 35.9 Å². The predicted octanol–water partition coefficient (Wildman–Crippen LogP) is 1.90. The molecule has 0 aliphatic rings. The zero-order valence-corrected chi connectivity index (χ0v) is 12.0. The highest BCUT2D eigenvalue weighted by molar-refractivity contribution is 5.90. The van der Waals surface area contributed by atoms with Crippen molar-refractivity contribution in [2.45, 2.75) is 19.8 Å². The average Bonchev–Trinajstić information content (AvgIpc) is 2.47. The second-order valence-corrected chi connectivity index (χ2v) is 4.29. The van der Waals surface area contributed by atoms with Crippen LogP contribution in [0.15, 0.2) is 30.4 Å². The van der Waals surface area contributed by atoms with E-state index in [1.807, 2.05) is 0 Å². The van der Waals surface area contributed by atoms with Gasteiger partial charge in [0.25, 0.3) is 0 Å². The standard InChI is InChI=1S/C15H16O7/c1-3-21-15(20)10-5-6-11(16)12(8-10)22-13(17)7-4-9(2)14(18)19/h5-6,8,16H,2-4,7H2,1H3,(H,18,19). The Balaban J connectivity index is 2.73. The summed E-state index contributed by atoms with van der Waals surface area (Å²) in [7, 11) is 0. The lowest BCUT2D eigenvalue weighted by atomic mass is 10.1. The predicted molar refractivity (Wildman–Crippen MR) is 75.7 cm³/mol. The van der Waals surface area contributed by atoms with E-state index in [-0.39, 0.29) is 42.1 Å². The number of phenolic OH excluding ortho intramolecular Hbond substituents is 1. The second-order valence-electron chi connectivity index (χ2n) is 4.29. The number of aliphatic carboxylic acids is 1. The van der Waals surface area contributed by atoms with Gasteiger partial charge in [0, 0.05) is 5.57 Å². The Morgan fingerprint density at radius 2 is 1.91 bits per heavy atom. The largest absolute Gasteiger partial charge is 0.504 e. The first kappa shape index (κ1) is 17.2. The summed E-state index contributed by atoms with van der Waals surface area (Å²) in [6.45, 7) is 5.12.